The summed E-state index contributed by atoms with van der Waals surface area (Å²) >= 11 is 1.77. The third-order valence-corrected chi connectivity index (χ3v) is 4.44. The summed E-state index contributed by atoms with van der Waals surface area (Å²) in [6.45, 7) is 5.34. The van der Waals surface area contributed by atoms with Crippen LogP contribution < -0.4 is 10.1 Å². The summed E-state index contributed by atoms with van der Waals surface area (Å²) in [7, 11) is 1.76. The van der Waals surface area contributed by atoms with Gasteiger partial charge in [0.25, 0.3) is 0 Å². The molecule has 1 aromatic carbocycles. The van der Waals surface area contributed by atoms with Crippen molar-refractivity contribution in [3.8, 4) is 5.75 Å². The molecule has 0 bridgehead atoms. The standard InChI is InChI=1S/C18H25NOS/c1-4-10-19-17(8-6-15-9-11-21-13-15)16-7-5-14(2)12-18(16)20-3/h5,7,9,11-13,17,19H,4,6,8,10H2,1-3H3. The van der Waals surface area contributed by atoms with Crippen LogP contribution in [0.15, 0.2) is 35.0 Å². The number of thiophene rings is 1. The maximum Gasteiger partial charge on any atom is 0.123 e. The van der Waals surface area contributed by atoms with Gasteiger partial charge < -0.3 is 10.1 Å². The number of aryl methyl sites for hydroxylation is 2. The van der Waals surface area contributed by atoms with E-state index in [1.165, 1.54) is 16.7 Å². The molecule has 0 aliphatic heterocycles. The van der Waals surface area contributed by atoms with Crippen LogP contribution in [0.5, 0.6) is 5.75 Å². The third kappa shape index (κ3) is 4.58. The van der Waals surface area contributed by atoms with Gasteiger partial charge in [-0.2, -0.15) is 11.3 Å². The van der Waals surface area contributed by atoms with Gasteiger partial charge in [0.15, 0.2) is 0 Å². The Kier molecular flexibility index (Phi) is 6.27. The van der Waals surface area contributed by atoms with Crippen molar-refractivity contribution in [2.24, 2.45) is 0 Å². The van der Waals surface area contributed by atoms with E-state index in [1.807, 2.05) is 0 Å². The van der Waals surface area contributed by atoms with E-state index in [2.05, 4.69) is 54.2 Å². The topological polar surface area (TPSA) is 21.3 Å². The van der Waals surface area contributed by atoms with E-state index in [0.717, 1.165) is 31.6 Å². The molecule has 0 radical (unpaired) electrons. The van der Waals surface area contributed by atoms with Crippen molar-refractivity contribution >= 4 is 11.3 Å². The molecule has 0 spiro atoms. The van der Waals surface area contributed by atoms with Crippen LogP contribution in [0.4, 0.5) is 0 Å². The van der Waals surface area contributed by atoms with E-state index in [0.29, 0.717) is 6.04 Å². The van der Waals surface area contributed by atoms with Gasteiger partial charge in [-0.25, -0.2) is 0 Å². The molecule has 1 atom stereocenters. The molecule has 0 aliphatic carbocycles. The van der Waals surface area contributed by atoms with Gasteiger partial charge in [-0.1, -0.05) is 19.1 Å². The first-order valence-corrected chi connectivity index (χ1v) is 8.58. The predicted molar refractivity (Wildman–Crippen MR) is 91.4 cm³/mol. The van der Waals surface area contributed by atoms with E-state index in [1.54, 1.807) is 18.4 Å². The Labute approximate surface area is 132 Å². The van der Waals surface area contributed by atoms with E-state index in [-0.39, 0.29) is 0 Å². The SMILES string of the molecule is CCCNC(CCc1ccsc1)c1ccc(C)cc1OC. The minimum atomic E-state index is 0.348. The van der Waals surface area contributed by atoms with Gasteiger partial charge in [-0.15, -0.1) is 0 Å². The minimum absolute atomic E-state index is 0.348. The summed E-state index contributed by atoms with van der Waals surface area (Å²) in [6, 6.07) is 9.06. The maximum atomic E-state index is 5.59. The van der Waals surface area contributed by atoms with Crippen LogP contribution in [0, 0.1) is 6.92 Å². The van der Waals surface area contributed by atoms with Crippen molar-refractivity contribution in [3.05, 3.63) is 51.7 Å². The predicted octanol–water partition coefficient (Wildman–Crippen LogP) is 4.74. The van der Waals surface area contributed by atoms with Gasteiger partial charge >= 0.3 is 0 Å². The smallest absolute Gasteiger partial charge is 0.123 e. The molecule has 0 aliphatic rings. The van der Waals surface area contributed by atoms with Crippen LogP contribution in [-0.2, 0) is 6.42 Å². The number of benzene rings is 1. The van der Waals surface area contributed by atoms with Crippen LogP contribution in [-0.4, -0.2) is 13.7 Å². The second kappa shape index (κ2) is 8.20. The lowest BCUT2D eigenvalue weighted by atomic mass is 9.98. The Morgan fingerprint density at radius 3 is 2.81 bits per heavy atom. The number of nitrogens with one attached hydrogen (secondary N) is 1. The van der Waals surface area contributed by atoms with E-state index < -0.39 is 0 Å². The Morgan fingerprint density at radius 1 is 1.29 bits per heavy atom. The molecule has 0 fully saturated rings. The molecule has 2 rings (SSSR count). The monoisotopic (exact) mass is 303 g/mol. The van der Waals surface area contributed by atoms with Crippen molar-refractivity contribution in [3.63, 3.8) is 0 Å². The lowest BCUT2D eigenvalue weighted by molar-refractivity contribution is 0.394. The normalized spacial score (nSPS) is 12.3. The fourth-order valence-corrected chi connectivity index (χ4v) is 3.24. The minimum Gasteiger partial charge on any atom is -0.496 e. The van der Waals surface area contributed by atoms with Crippen molar-refractivity contribution in [1.82, 2.24) is 5.32 Å². The second-order valence-corrected chi connectivity index (χ2v) is 6.20. The highest BCUT2D eigenvalue weighted by Crippen LogP contribution is 2.29. The molecule has 0 amide bonds. The van der Waals surface area contributed by atoms with Crippen LogP contribution >= 0.6 is 11.3 Å². The molecule has 3 heteroatoms. The summed E-state index contributed by atoms with van der Waals surface area (Å²) in [6.07, 6.45) is 3.33. The molecule has 21 heavy (non-hydrogen) atoms. The molecule has 1 N–H and O–H groups in total. The van der Waals surface area contributed by atoms with Gasteiger partial charge in [0, 0.05) is 11.6 Å². The van der Waals surface area contributed by atoms with Crippen molar-refractivity contribution in [1.29, 1.82) is 0 Å². The fraction of sp³-hybridized carbons (Fsp3) is 0.444. The van der Waals surface area contributed by atoms with Crippen LogP contribution in [0.2, 0.25) is 0 Å². The number of ether oxygens (including phenoxy) is 1. The number of hydrogen-bond donors (Lipinski definition) is 1. The van der Waals surface area contributed by atoms with E-state index in [4.69, 9.17) is 4.74 Å². The summed E-state index contributed by atoms with van der Waals surface area (Å²) in [4.78, 5) is 0. The first kappa shape index (κ1) is 16.1. The highest BCUT2D eigenvalue weighted by atomic mass is 32.1. The molecule has 1 heterocycles. The first-order valence-electron chi connectivity index (χ1n) is 7.63. The lowest BCUT2D eigenvalue weighted by Gasteiger charge is -2.21. The third-order valence-electron chi connectivity index (χ3n) is 3.71. The molecular formula is C18H25NOS. The zero-order chi connectivity index (χ0) is 15.1. The van der Waals surface area contributed by atoms with E-state index >= 15 is 0 Å². The summed E-state index contributed by atoms with van der Waals surface area (Å²) < 4.78 is 5.59. The summed E-state index contributed by atoms with van der Waals surface area (Å²) in [5.41, 5.74) is 3.93. The Morgan fingerprint density at radius 2 is 2.14 bits per heavy atom. The van der Waals surface area contributed by atoms with Crippen LogP contribution in [0.3, 0.4) is 0 Å². The van der Waals surface area contributed by atoms with Gasteiger partial charge in [0.1, 0.15) is 5.75 Å². The van der Waals surface area contributed by atoms with Crippen LogP contribution in [0.1, 0.15) is 42.5 Å². The average Bonchev–Trinajstić information content (AvgIpc) is 3.01. The van der Waals surface area contributed by atoms with Gasteiger partial charge in [0.2, 0.25) is 0 Å². The maximum absolute atomic E-state index is 5.59. The zero-order valence-electron chi connectivity index (χ0n) is 13.2. The Balaban J connectivity index is 2.14. The highest BCUT2D eigenvalue weighted by molar-refractivity contribution is 7.07. The number of rotatable bonds is 8. The molecule has 2 nitrogen and oxygen atoms in total. The van der Waals surface area contributed by atoms with Gasteiger partial charge in [-0.3, -0.25) is 0 Å². The van der Waals surface area contributed by atoms with E-state index in [9.17, 15) is 0 Å². The van der Waals surface area contributed by atoms with Crippen molar-refractivity contribution < 1.29 is 4.74 Å². The molecule has 114 valence electrons. The largest absolute Gasteiger partial charge is 0.496 e. The molecule has 1 aromatic heterocycles. The lowest BCUT2D eigenvalue weighted by Crippen LogP contribution is -2.23. The molecule has 0 saturated carbocycles. The first-order chi connectivity index (χ1) is 10.2. The summed E-state index contributed by atoms with van der Waals surface area (Å²) in [5, 5.41) is 8.05. The number of methoxy groups -OCH3 is 1. The zero-order valence-corrected chi connectivity index (χ0v) is 14.0. The van der Waals surface area contributed by atoms with Crippen molar-refractivity contribution in [2.45, 2.75) is 39.2 Å². The van der Waals surface area contributed by atoms with Gasteiger partial charge in [0.05, 0.1) is 7.11 Å². The fourth-order valence-electron chi connectivity index (χ4n) is 2.54. The molecule has 0 saturated heterocycles. The average molecular weight is 303 g/mol. The Bertz CT molecular complexity index is 536. The summed E-state index contributed by atoms with van der Waals surface area (Å²) in [5.74, 6) is 0.994. The quantitative estimate of drug-likeness (QED) is 0.760. The Hall–Kier alpha value is -1.32. The number of hydrogen-bond acceptors (Lipinski definition) is 3. The molecule has 2 aromatic rings. The highest BCUT2D eigenvalue weighted by Gasteiger charge is 2.15. The van der Waals surface area contributed by atoms with Crippen LogP contribution in [0.25, 0.3) is 0 Å². The molecule has 1 unspecified atom stereocenters. The second-order valence-electron chi connectivity index (χ2n) is 5.42. The van der Waals surface area contributed by atoms with Crippen molar-refractivity contribution in [2.75, 3.05) is 13.7 Å². The van der Waals surface area contributed by atoms with Gasteiger partial charge in [-0.05, 0) is 66.8 Å². The molecular weight excluding hydrogens is 278 g/mol.